The number of nitrogens with two attached hydrogens (primary N) is 1. The highest BCUT2D eigenvalue weighted by molar-refractivity contribution is 7.84. The molecule has 7 heteroatoms. The van der Waals surface area contributed by atoms with Crippen LogP contribution in [0.2, 0.25) is 10.0 Å². The van der Waals surface area contributed by atoms with E-state index in [2.05, 4.69) is 5.32 Å². The van der Waals surface area contributed by atoms with Gasteiger partial charge in [-0.25, -0.2) is 0 Å². The average molecular weight is 323 g/mol. The van der Waals surface area contributed by atoms with E-state index < -0.39 is 10.8 Å². The van der Waals surface area contributed by atoms with Gasteiger partial charge in [0.25, 0.3) is 0 Å². The summed E-state index contributed by atoms with van der Waals surface area (Å²) in [6.07, 6.45) is 1.01. The van der Waals surface area contributed by atoms with Gasteiger partial charge in [-0.15, -0.1) is 0 Å². The predicted molar refractivity (Wildman–Crippen MR) is 82.3 cm³/mol. The van der Waals surface area contributed by atoms with Crippen LogP contribution in [0, 0.1) is 0 Å². The largest absolute Gasteiger partial charge is 0.399 e. The third kappa shape index (κ3) is 5.38. The average Bonchev–Trinajstić information content (AvgIpc) is 2.31. The van der Waals surface area contributed by atoms with Crippen LogP contribution >= 0.6 is 23.2 Å². The quantitative estimate of drug-likeness (QED) is 0.790. The molecule has 1 aromatic carbocycles. The van der Waals surface area contributed by atoms with E-state index in [4.69, 9.17) is 28.9 Å². The number of benzene rings is 1. The number of nitrogens with one attached hydrogen (secondary N) is 1. The number of carbonyl (C=O) groups is 1. The number of carbonyl (C=O) groups excluding carboxylic acids is 1. The zero-order chi connectivity index (χ0) is 14.4. The molecule has 0 aromatic heterocycles. The summed E-state index contributed by atoms with van der Waals surface area (Å²) >= 11 is 11.9. The number of rotatable bonds is 6. The molecule has 0 heterocycles. The number of anilines is 2. The zero-order valence-corrected chi connectivity index (χ0v) is 12.9. The predicted octanol–water partition coefficient (Wildman–Crippen LogP) is 3.06. The van der Waals surface area contributed by atoms with Gasteiger partial charge in [0, 0.05) is 34.4 Å². The van der Waals surface area contributed by atoms with E-state index in [-0.39, 0.29) is 22.4 Å². The summed E-state index contributed by atoms with van der Waals surface area (Å²) < 4.78 is 11.4. The molecule has 0 saturated carbocycles. The lowest BCUT2D eigenvalue weighted by Gasteiger charge is -2.10. The molecule has 1 atom stereocenters. The van der Waals surface area contributed by atoms with Crippen LogP contribution in [0.25, 0.3) is 0 Å². The fourth-order valence-electron chi connectivity index (χ4n) is 1.45. The van der Waals surface area contributed by atoms with Crippen LogP contribution < -0.4 is 11.1 Å². The third-order valence-electron chi connectivity index (χ3n) is 2.32. The summed E-state index contributed by atoms with van der Waals surface area (Å²) in [4.78, 5) is 11.7. The lowest BCUT2D eigenvalue weighted by Crippen LogP contribution is -2.16. The second kappa shape index (κ2) is 7.72. The Morgan fingerprint density at radius 2 is 1.89 bits per heavy atom. The highest BCUT2D eigenvalue weighted by Crippen LogP contribution is 2.32. The Labute approximate surface area is 125 Å². The van der Waals surface area contributed by atoms with Crippen molar-refractivity contribution in [2.24, 2.45) is 0 Å². The standard InChI is InChI=1S/C12H16Cl2N2O2S/c1-2-4-19(18)5-3-11(17)16-12-9(13)6-8(15)7-10(12)14/h6-7H,2-5,15H2,1H3,(H,16,17). The monoisotopic (exact) mass is 322 g/mol. The van der Waals surface area contributed by atoms with Crippen LogP contribution in [0.1, 0.15) is 19.8 Å². The lowest BCUT2D eigenvalue weighted by atomic mass is 10.2. The molecule has 0 aliphatic heterocycles. The highest BCUT2D eigenvalue weighted by atomic mass is 35.5. The van der Waals surface area contributed by atoms with Crippen molar-refractivity contribution in [3.05, 3.63) is 22.2 Å². The molecule has 0 radical (unpaired) electrons. The lowest BCUT2D eigenvalue weighted by molar-refractivity contribution is -0.115. The van der Waals surface area contributed by atoms with Gasteiger partial charge in [-0.3, -0.25) is 9.00 Å². The number of halogens is 2. The van der Waals surface area contributed by atoms with Crippen molar-refractivity contribution < 1.29 is 9.00 Å². The summed E-state index contributed by atoms with van der Waals surface area (Å²) in [6.45, 7) is 1.95. The van der Waals surface area contributed by atoms with Gasteiger partial charge >= 0.3 is 0 Å². The number of hydrogen-bond acceptors (Lipinski definition) is 3. The first-order valence-corrected chi connectivity index (χ1v) is 8.07. The summed E-state index contributed by atoms with van der Waals surface area (Å²) in [6, 6.07) is 3.02. The molecule has 0 saturated heterocycles. The Bertz CT molecular complexity index is 472. The summed E-state index contributed by atoms with van der Waals surface area (Å²) in [5, 5.41) is 3.18. The highest BCUT2D eigenvalue weighted by Gasteiger charge is 2.11. The molecule has 0 aliphatic carbocycles. The van der Waals surface area contributed by atoms with Crippen molar-refractivity contribution >= 4 is 51.3 Å². The number of hydrogen-bond donors (Lipinski definition) is 2. The van der Waals surface area contributed by atoms with E-state index in [1.807, 2.05) is 6.92 Å². The van der Waals surface area contributed by atoms with Crippen LogP contribution in [-0.4, -0.2) is 21.6 Å². The smallest absolute Gasteiger partial charge is 0.225 e. The van der Waals surface area contributed by atoms with Gasteiger partial charge in [0.05, 0.1) is 15.7 Å². The summed E-state index contributed by atoms with van der Waals surface area (Å²) in [5.41, 5.74) is 6.33. The first-order valence-electron chi connectivity index (χ1n) is 5.83. The molecule has 1 aromatic rings. The van der Waals surface area contributed by atoms with Gasteiger partial charge in [0.2, 0.25) is 5.91 Å². The minimum absolute atomic E-state index is 0.170. The van der Waals surface area contributed by atoms with Crippen molar-refractivity contribution in [3.63, 3.8) is 0 Å². The zero-order valence-electron chi connectivity index (χ0n) is 10.5. The Morgan fingerprint density at radius 3 is 2.42 bits per heavy atom. The molecule has 0 aliphatic rings. The normalized spacial score (nSPS) is 12.2. The second-order valence-electron chi connectivity index (χ2n) is 4.01. The maximum atomic E-state index is 11.7. The SMILES string of the molecule is CCCS(=O)CCC(=O)Nc1c(Cl)cc(N)cc1Cl. The molecule has 1 unspecified atom stereocenters. The molecule has 1 rings (SSSR count). The first kappa shape index (κ1) is 16.3. The van der Waals surface area contributed by atoms with Gasteiger partial charge in [-0.05, 0) is 18.6 Å². The van der Waals surface area contributed by atoms with E-state index in [1.54, 1.807) is 0 Å². The molecule has 0 bridgehead atoms. The molecule has 1 amide bonds. The van der Waals surface area contributed by atoms with Gasteiger partial charge in [-0.2, -0.15) is 0 Å². The van der Waals surface area contributed by atoms with Crippen LogP contribution in [0.5, 0.6) is 0 Å². The molecule has 0 spiro atoms. The maximum absolute atomic E-state index is 11.7. The first-order chi connectivity index (χ1) is 8.93. The Morgan fingerprint density at radius 1 is 1.32 bits per heavy atom. The van der Waals surface area contributed by atoms with Gasteiger partial charge < -0.3 is 11.1 Å². The molecule has 0 fully saturated rings. The molecule has 4 nitrogen and oxygen atoms in total. The molecule has 106 valence electrons. The number of nitrogen functional groups attached to an aromatic ring is 1. The van der Waals surface area contributed by atoms with Crippen LogP contribution in [0.15, 0.2) is 12.1 Å². The third-order valence-corrected chi connectivity index (χ3v) is 4.44. The minimum atomic E-state index is -0.960. The van der Waals surface area contributed by atoms with Gasteiger partial charge in [-0.1, -0.05) is 30.1 Å². The van der Waals surface area contributed by atoms with Crippen LogP contribution in [0.3, 0.4) is 0 Å². The molecular weight excluding hydrogens is 307 g/mol. The van der Waals surface area contributed by atoms with E-state index in [9.17, 15) is 9.00 Å². The van der Waals surface area contributed by atoms with Gasteiger partial charge in [0.15, 0.2) is 0 Å². The Kier molecular flexibility index (Phi) is 6.62. The van der Waals surface area contributed by atoms with E-state index in [1.165, 1.54) is 12.1 Å². The summed E-state index contributed by atoms with van der Waals surface area (Å²) in [5.74, 6) is 0.679. The van der Waals surface area contributed by atoms with E-state index >= 15 is 0 Å². The fraction of sp³-hybridized carbons (Fsp3) is 0.417. The van der Waals surface area contributed by atoms with E-state index in [0.29, 0.717) is 22.9 Å². The van der Waals surface area contributed by atoms with Crippen molar-refractivity contribution in [1.82, 2.24) is 0 Å². The fourth-order valence-corrected chi connectivity index (χ4v) is 3.12. The minimum Gasteiger partial charge on any atom is -0.399 e. The molecular formula is C12H16Cl2N2O2S. The Hall–Kier alpha value is -0.780. The van der Waals surface area contributed by atoms with Crippen molar-refractivity contribution in [2.45, 2.75) is 19.8 Å². The topological polar surface area (TPSA) is 72.2 Å². The number of amides is 1. The van der Waals surface area contributed by atoms with Crippen LogP contribution in [-0.2, 0) is 15.6 Å². The second-order valence-corrected chi connectivity index (χ2v) is 6.52. The Balaban J connectivity index is 2.60. The van der Waals surface area contributed by atoms with E-state index in [0.717, 1.165) is 6.42 Å². The van der Waals surface area contributed by atoms with Gasteiger partial charge in [0.1, 0.15) is 0 Å². The van der Waals surface area contributed by atoms with Crippen molar-refractivity contribution in [1.29, 1.82) is 0 Å². The van der Waals surface area contributed by atoms with Crippen molar-refractivity contribution in [2.75, 3.05) is 22.6 Å². The maximum Gasteiger partial charge on any atom is 0.225 e. The van der Waals surface area contributed by atoms with Crippen molar-refractivity contribution in [3.8, 4) is 0 Å². The molecule has 3 N–H and O–H groups in total. The summed E-state index contributed by atoms with van der Waals surface area (Å²) in [7, 11) is -0.960. The van der Waals surface area contributed by atoms with Crippen LogP contribution in [0.4, 0.5) is 11.4 Å². The molecule has 19 heavy (non-hydrogen) atoms.